The minimum atomic E-state index is -0.905. The van der Waals surface area contributed by atoms with E-state index in [4.69, 9.17) is 4.74 Å². The molecule has 0 saturated heterocycles. The summed E-state index contributed by atoms with van der Waals surface area (Å²) < 4.78 is 9.29. The van der Waals surface area contributed by atoms with Crippen molar-refractivity contribution in [1.82, 2.24) is 20.6 Å². The van der Waals surface area contributed by atoms with Gasteiger partial charge < -0.3 is 29.9 Å². The third-order valence-electron chi connectivity index (χ3n) is 2.83. The van der Waals surface area contributed by atoms with E-state index >= 15 is 0 Å². The molecule has 158 valence electrons. The number of rotatable bonds is 12. The number of imidazole rings is 1. The van der Waals surface area contributed by atoms with Crippen molar-refractivity contribution in [1.29, 1.82) is 0 Å². The van der Waals surface area contributed by atoms with Gasteiger partial charge in [-0.25, -0.2) is 4.98 Å². The third kappa shape index (κ3) is 16.3. The molecule has 1 aromatic heterocycles. The van der Waals surface area contributed by atoms with E-state index in [1.165, 1.54) is 7.11 Å². The molecule has 0 spiro atoms. The Hall–Kier alpha value is -3.22. The molecule has 2 amide bonds. The van der Waals surface area contributed by atoms with E-state index in [0.717, 1.165) is 5.69 Å². The number of carbonyl (C=O) groups excluding carboxylic acids is 3. The van der Waals surface area contributed by atoms with E-state index in [2.05, 4.69) is 30.2 Å². The fourth-order valence-corrected chi connectivity index (χ4v) is 1.49. The second-order valence-electron chi connectivity index (χ2n) is 5.15. The average Bonchev–Trinajstić information content (AvgIpc) is 3.13. The highest BCUT2D eigenvalue weighted by Crippen LogP contribution is 1.86. The number of esters is 1. The average molecular weight is 403 g/mol. The lowest BCUT2D eigenvalue weighted by Crippen LogP contribution is -2.35. The first-order valence-electron chi connectivity index (χ1n) is 8.25. The maximum absolute atomic E-state index is 11.3. The second kappa shape index (κ2) is 16.0. The van der Waals surface area contributed by atoms with Gasteiger partial charge in [0.1, 0.15) is 13.2 Å². The van der Waals surface area contributed by atoms with E-state index in [-0.39, 0.29) is 45.8 Å². The smallest absolute Gasteiger partial charge is 0.325 e. The molecule has 0 aliphatic heterocycles. The molecule has 0 aliphatic rings. The van der Waals surface area contributed by atoms with E-state index < -0.39 is 22.9 Å². The Morgan fingerprint density at radius 2 is 2.00 bits per heavy atom. The monoisotopic (exact) mass is 403 g/mol. The number of aromatic amines is 1. The molecule has 13 nitrogen and oxygen atoms in total. The van der Waals surface area contributed by atoms with Crippen molar-refractivity contribution in [3.63, 3.8) is 0 Å². The zero-order chi connectivity index (χ0) is 21.2. The highest BCUT2D eigenvalue weighted by molar-refractivity contribution is 5.82. The van der Waals surface area contributed by atoms with Gasteiger partial charge in [-0.2, -0.15) is 0 Å². The van der Waals surface area contributed by atoms with Crippen LogP contribution in [0.15, 0.2) is 12.5 Å². The van der Waals surface area contributed by atoms with Gasteiger partial charge in [0.2, 0.25) is 11.8 Å². The number of hydrogen-bond acceptors (Lipinski definition) is 9. The highest BCUT2D eigenvalue weighted by atomic mass is 16.9. The highest BCUT2D eigenvalue weighted by Gasteiger charge is 2.06. The number of nitrogens with zero attached hydrogens (tertiary/aromatic N) is 2. The van der Waals surface area contributed by atoms with Gasteiger partial charge in [0.05, 0.1) is 20.0 Å². The van der Waals surface area contributed by atoms with Gasteiger partial charge in [0.25, 0.3) is 5.09 Å². The van der Waals surface area contributed by atoms with Gasteiger partial charge in [-0.15, -0.1) is 10.1 Å². The normalized spacial score (nSPS) is 9.50. The minimum Gasteiger partial charge on any atom is -0.468 e. The standard InChI is InChI=1S/C11H19N3O8.C4H6N2/c1-20-11(17)7-13-9(15)3-4-12-10(16)8-21-5-2-6-22-14(18)19;1-4-2-5-3-6-4/h2-8H2,1H3,(H,12,16)(H,13,15);2-3H,1H3,(H,5,6). The number of carbonyl (C=O) groups is 3. The third-order valence-corrected chi connectivity index (χ3v) is 2.83. The molecule has 3 N–H and O–H groups in total. The van der Waals surface area contributed by atoms with E-state index in [9.17, 15) is 24.5 Å². The van der Waals surface area contributed by atoms with Gasteiger partial charge in [0, 0.05) is 31.5 Å². The van der Waals surface area contributed by atoms with Crippen molar-refractivity contribution in [2.75, 3.05) is 40.0 Å². The Labute approximate surface area is 161 Å². The maximum Gasteiger partial charge on any atom is 0.325 e. The lowest BCUT2D eigenvalue weighted by Gasteiger charge is -2.06. The summed E-state index contributed by atoms with van der Waals surface area (Å²) in [6, 6.07) is 0. The van der Waals surface area contributed by atoms with Crippen molar-refractivity contribution in [3.05, 3.63) is 28.3 Å². The number of H-pyrrole nitrogens is 1. The van der Waals surface area contributed by atoms with Crippen molar-refractivity contribution in [2.24, 2.45) is 0 Å². The Kier molecular flexibility index (Phi) is 14.2. The molecule has 0 aliphatic carbocycles. The van der Waals surface area contributed by atoms with Crippen molar-refractivity contribution >= 4 is 17.8 Å². The van der Waals surface area contributed by atoms with E-state index in [0.29, 0.717) is 0 Å². The van der Waals surface area contributed by atoms with Gasteiger partial charge in [-0.05, 0) is 13.3 Å². The number of amides is 2. The predicted molar refractivity (Wildman–Crippen MR) is 94.4 cm³/mol. The first kappa shape index (κ1) is 24.8. The largest absolute Gasteiger partial charge is 0.468 e. The first-order valence-corrected chi connectivity index (χ1v) is 8.25. The van der Waals surface area contributed by atoms with Crippen molar-refractivity contribution in [3.8, 4) is 0 Å². The topological polar surface area (TPSA) is 175 Å². The molecular formula is C15H25N5O8. The molecule has 0 saturated carbocycles. The van der Waals surface area contributed by atoms with Crippen molar-refractivity contribution in [2.45, 2.75) is 19.8 Å². The molecular weight excluding hydrogens is 378 g/mol. The number of aryl methyl sites for hydroxylation is 1. The summed E-state index contributed by atoms with van der Waals surface area (Å²) in [7, 11) is 1.21. The van der Waals surface area contributed by atoms with Gasteiger partial charge in [0.15, 0.2) is 0 Å². The molecule has 0 fully saturated rings. The lowest BCUT2D eigenvalue weighted by atomic mass is 10.4. The number of ether oxygens (including phenoxy) is 2. The van der Waals surface area contributed by atoms with Crippen LogP contribution in [0.2, 0.25) is 0 Å². The quantitative estimate of drug-likeness (QED) is 0.173. The van der Waals surface area contributed by atoms with Crippen LogP contribution in [-0.4, -0.2) is 72.9 Å². The summed E-state index contributed by atoms with van der Waals surface area (Å²) in [5.74, 6) is -1.38. The Morgan fingerprint density at radius 1 is 1.25 bits per heavy atom. The molecule has 1 aromatic rings. The first-order chi connectivity index (χ1) is 13.3. The fraction of sp³-hybridized carbons (Fsp3) is 0.600. The van der Waals surface area contributed by atoms with Crippen LogP contribution in [-0.2, 0) is 28.7 Å². The summed E-state index contributed by atoms with van der Waals surface area (Å²) in [5, 5.41) is 13.7. The number of methoxy groups -OCH3 is 1. The van der Waals surface area contributed by atoms with Crippen LogP contribution < -0.4 is 10.6 Å². The number of aromatic nitrogens is 2. The molecule has 0 unspecified atom stereocenters. The van der Waals surface area contributed by atoms with Gasteiger partial charge in [-0.1, -0.05) is 0 Å². The van der Waals surface area contributed by atoms with Crippen LogP contribution in [0.3, 0.4) is 0 Å². The summed E-state index contributed by atoms with van der Waals surface area (Å²) in [5.41, 5.74) is 1.11. The summed E-state index contributed by atoms with van der Waals surface area (Å²) >= 11 is 0. The SMILES string of the molecule is COC(=O)CNC(=O)CCNC(=O)COCCCO[N+](=O)[O-].Cc1cnc[nH]1. The molecule has 28 heavy (non-hydrogen) atoms. The van der Waals surface area contributed by atoms with Crippen LogP contribution in [0.25, 0.3) is 0 Å². The summed E-state index contributed by atoms with van der Waals surface area (Å²) in [6.45, 7) is 1.66. The van der Waals surface area contributed by atoms with E-state index in [1.54, 1.807) is 12.5 Å². The fourth-order valence-electron chi connectivity index (χ4n) is 1.49. The molecule has 0 radical (unpaired) electrons. The number of nitrogens with one attached hydrogen (secondary N) is 3. The van der Waals surface area contributed by atoms with Crippen molar-refractivity contribution < 1.29 is 33.8 Å². The second-order valence-corrected chi connectivity index (χ2v) is 5.15. The maximum atomic E-state index is 11.3. The van der Waals surface area contributed by atoms with Gasteiger partial charge in [-0.3, -0.25) is 14.4 Å². The molecule has 1 rings (SSSR count). The van der Waals surface area contributed by atoms with Crippen LogP contribution in [0.5, 0.6) is 0 Å². The Morgan fingerprint density at radius 3 is 2.54 bits per heavy atom. The summed E-state index contributed by atoms with van der Waals surface area (Å²) in [6.07, 6.45) is 3.74. The molecule has 13 heteroatoms. The molecule has 0 atom stereocenters. The molecule has 0 bridgehead atoms. The predicted octanol–water partition coefficient (Wildman–Crippen LogP) is -0.885. The Balaban J connectivity index is 0.00000102. The van der Waals surface area contributed by atoms with Crippen LogP contribution in [0.4, 0.5) is 0 Å². The van der Waals surface area contributed by atoms with Crippen LogP contribution in [0.1, 0.15) is 18.5 Å². The molecule has 0 aromatic carbocycles. The zero-order valence-electron chi connectivity index (χ0n) is 15.8. The van der Waals surface area contributed by atoms with Crippen LogP contribution in [0, 0.1) is 17.0 Å². The van der Waals surface area contributed by atoms with Crippen LogP contribution >= 0.6 is 0 Å². The van der Waals surface area contributed by atoms with Gasteiger partial charge >= 0.3 is 5.97 Å². The minimum absolute atomic E-state index is 0.0133. The zero-order valence-corrected chi connectivity index (χ0v) is 15.8. The summed E-state index contributed by atoms with van der Waals surface area (Å²) in [4.78, 5) is 53.9. The number of hydrogen-bond donors (Lipinski definition) is 3. The van der Waals surface area contributed by atoms with E-state index in [1.807, 2.05) is 6.92 Å². The Bertz CT molecular complexity index is 593. The lowest BCUT2D eigenvalue weighted by molar-refractivity contribution is -0.757. The molecule has 1 heterocycles.